The molecule has 2 rings (SSSR count). The van der Waals surface area contributed by atoms with Crippen molar-refractivity contribution in [2.24, 2.45) is 11.8 Å². The minimum atomic E-state index is -0.605. The molecule has 1 aromatic rings. The molecule has 0 radical (unpaired) electrons. The normalized spacial score (nSPS) is 22.3. The maximum Gasteiger partial charge on any atom is 0.407 e. The Kier molecular flexibility index (Phi) is 5.28. The number of aromatic nitrogens is 2. The lowest BCUT2D eigenvalue weighted by atomic mass is 10.0. The van der Waals surface area contributed by atoms with E-state index < -0.39 is 12.1 Å². The highest BCUT2D eigenvalue weighted by Crippen LogP contribution is 2.34. The molecule has 7 heteroatoms. The first-order valence-electron chi connectivity index (χ1n) is 8.00. The number of H-pyrrole nitrogens is 1. The summed E-state index contributed by atoms with van der Waals surface area (Å²) in [6, 6.07) is -0.682. The topological polar surface area (TPSA) is 87.3 Å². The van der Waals surface area contributed by atoms with Crippen molar-refractivity contribution in [1.82, 2.24) is 20.2 Å². The second kappa shape index (κ2) is 7.02. The number of nitrogens with one attached hydrogen (secondary N) is 2. The van der Waals surface area contributed by atoms with Gasteiger partial charge in [0.05, 0.1) is 13.2 Å². The number of hydrogen-bond acceptors (Lipinski definition) is 4. The van der Waals surface area contributed by atoms with Crippen LogP contribution in [0.2, 0.25) is 0 Å². The Morgan fingerprint density at radius 1 is 1.48 bits per heavy atom. The summed E-state index contributed by atoms with van der Waals surface area (Å²) in [6.45, 7) is 8.54. The van der Waals surface area contributed by atoms with Gasteiger partial charge >= 0.3 is 6.09 Å². The first-order valence-corrected chi connectivity index (χ1v) is 8.00. The van der Waals surface area contributed by atoms with E-state index in [0.29, 0.717) is 12.5 Å². The molecule has 0 bridgehead atoms. The maximum absolute atomic E-state index is 13.0. The molecular weight excluding hydrogens is 296 g/mol. The summed E-state index contributed by atoms with van der Waals surface area (Å²) < 4.78 is 4.64. The van der Waals surface area contributed by atoms with Gasteiger partial charge < -0.3 is 19.9 Å². The zero-order valence-corrected chi connectivity index (χ0v) is 14.4. The molecule has 23 heavy (non-hydrogen) atoms. The van der Waals surface area contributed by atoms with E-state index in [0.717, 1.165) is 17.9 Å². The van der Waals surface area contributed by atoms with Gasteiger partial charge in [-0.15, -0.1) is 0 Å². The third kappa shape index (κ3) is 3.83. The van der Waals surface area contributed by atoms with Crippen LogP contribution in [0.4, 0.5) is 4.79 Å². The smallest absolute Gasteiger partial charge is 0.407 e. The van der Waals surface area contributed by atoms with E-state index in [1.807, 2.05) is 25.7 Å². The fourth-order valence-corrected chi connectivity index (χ4v) is 3.03. The van der Waals surface area contributed by atoms with Crippen LogP contribution in [0.1, 0.15) is 44.8 Å². The molecule has 7 nitrogen and oxygen atoms in total. The van der Waals surface area contributed by atoms with Crippen molar-refractivity contribution in [1.29, 1.82) is 0 Å². The third-order valence-corrected chi connectivity index (χ3v) is 4.22. The minimum Gasteiger partial charge on any atom is -0.453 e. The summed E-state index contributed by atoms with van der Waals surface area (Å²) in [4.78, 5) is 34.0. The largest absolute Gasteiger partial charge is 0.453 e. The molecular formula is C16H26N4O3. The van der Waals surface area contributed by atoms with Crippen LogP contribution in [-0.4, -0.2) is 46.6 Å². The van der Waals surface area contributed by atoms with Crippen LogP contribution in [-0.2, 0) is 9.53 Å². The number of imidazole rings is 1. The zero-order chi connectivity index (χ0) is 17.1. The second-order valence-corrected chi connectivity index (χ2v) is 6.66. The van der Waals surface area contributed by atoms with Crippen molar-refractivity contribution in [3.05, 3.63) is 17.7 Å². The van der Waals surface area contributed by atoms with Gasteiger partial charge in [-0.1, -0.05) is 20.8 Å². The van der Waals surface area contributed by atoms with Crippen LogP contribution in [0.3, 0.4) is 0 Å². The number of carbonyl (C=O) groups is 2. The minimum absolute atomic E-state index is 0.0310. The highest BCUT2D eigenvalue weighted by Gasteiger charge is 2.39. The summed E-state index contributed by atoms with van der Waals surface area (Å²) in [5, 5.41) is 2.65. The number of rotatable bonds is 4. The van der Waals surface area contributed by atoms with E-state index in [-0.39, 0.29) is 17.9 Å². The van der Waals surface area contributed by atoms with Crippen LogP contribution >= 0.6 is 0 Å². The first kappa shape index (κ1) is 17.3. The fraction of sp³-hybridized carbons (Fsp3) is 0.688. The molecule has 0 spiro atoms. The average Bonchev–Trinajstić information content (AvgIpc) is 3.09. The number of aryl methyl sites for hydroxylation is 1. The summed E-state index contributed by atoms with van der Waals surface area (Å²) in [5.41, 5.74) is 0.972. The van der Waals surface area contributed by atoms with Gasteiger partial charge in [0.2, 0.25) is 5.91 Å². The molecule has 2 heterocycles. The average molecular weight is 322 g/mol. The zero-order valence-electron chi connectivity index (χ0n) is 14.4. The van der Waals surface area contributed by atoms with E-state index in [1.165, 1.54) is 7.11 Å². The van der Waals surface area contributed by atoms with Gasteiger partial charge in [0.25, 0.3) is 0 Å². The van der Waals surface area contributed by atoms with Gasteiger partial charge in [0.1, 0.15) is 11.9 Å². The summed E-state index contributed by atoms with van der Waals surface area (Å²) >= 11 is 0. The quantitative estimate of drug-likeness (QED) is 0.887. The van der Waals surface area contributed by atoms with Crippen LogP contribution in [0.15, 0.2) is 6.20 Å². The molecule has 0 aromatic carbocycles. The molecule has 2 N–H and O–H groups in total. The van der Waals surface area contributed by atoms with Crippen molar-refractivity contribution in [2.75, 3.05) is 13.7 Å². The van der Waals surface area contributed by atoms with E-state index in [9.17, 15) is 9.59 Å². The highest BCUT2D eigenvalue weighted by molar-refractivity contribution is 5.86. The number of hydrogen-bond donors (Lipinski definition) is 2. The van der Waals surface area contributed by atoms with E-state index >= 15 is 0 Å². The molecule has 1 aliphatic rings. The van der Waals surface area contributed by atoms with E-state index in [2.05, 4.69) is 26.9 Å². The Labute approximate surface area is 136 Å². The van der Waals surface area contributed by atoms with Gasteiger partial charge in [0, 0.05) is 18.4 Å². The van der Waals surface area contributed by atoms with Crippen LogP contribution in [0.25, 0.3) is 0 Å². The molecule has 128 valence electrons. The van der Waals surface area contributed by atoms with Gasteiger partial charge in [-0.3, -0.25) is 4.79 Å². The molecule has 0 unspecified atom stereocenters. The lowest BCUT2D eigenvalue weighted by molar-refractivity contribution is -0.135. The number of aromatic amines is 1. The Hall–Kier alpha value is -2.05. The second-order valence-electron chi connectivity index (χ2n) is 6.66. The Morgan fingerprint density at radius 2 is 2.17 bits per heavy atom. The molecule has 2 amide bonds. The molecule has 1 saturated heterocycles. The standard InChI is InChI=1S/C16H26N4O3/c1-9(2)13(19-16(22)23-5)15(21)20-8-10(3)6-12(20)14-17-7-11(4)18-14/h7,9-10,12-13H,6,8H2,1-5H3,(H,17,18)(H,19,22)/t10-,12-,13-/m0/s1. The molecule has 1 fully saturated rings. The number of methoxy groups -OCH3 is 1. The molecule has 0 aliphatic carbocycles. The summed E-state index contributed by atoms with van der Waals surface area (Å²) in [6.07, 6.45) is 2.05. The molecule has 1 aliphatic heterocycles. The van der Waals surface area contributed by atoms with Crippen LogP contribution in [0, 0.1) is 18.8 Å². The lowest BCUT2D eigenvalue weighted by Crippen LogP contribution is -2.51. The first-order chi connectivity index (χ1) is 10.8. The predicted octanol–water partition coefficient (Wildman–Crippen LogP) is 2.01. The lowest BCUT2D eigenvalue weighted by Gasteiger charge is -2.30. The molecule has 3 atom stereocenters. The summed E-state index contributed by atoms with van der Waals surface area (Å²) in [7, 11) is 1.30. The number of nitrogens with zero attached hydrogens (tertiary/aromatic N) is 2. The Balaban J connectivity index is 2.21. The molecule has 0 saturated carbocycles. The van der Waals surface area contributed by atoms with Gasteiger partial charge in [-0.05, 0) is 25.2 Å². The van der Waals surface area contributed by atoms with Crippen LogP contribution < -0.4 is 5.32 Å². The number of alkyl carbamates (subject to hydrolysis) is 1. The number of ether oxygens (including phenoxy) is 1. The van der Waals surface area contributed by atoms with Crippen molar-refractivity contribution in [3.63, 3.8) is 0 Å². The summed E-state index contributed by atoms with van der Waals surface area (Å²) in [5.74, 6) is 1.08. The van der Waals surface area contributed by atoms with E-state index in [1.54, 1.807) is 6.20 Å². The Morgan fingerprint density at radius 3 is 2.70 bits per heavy atom. The van der Waals surface area contributed by atoms with Crippen molar-refractivity contribution in [2.45, 2.75) is 46.2 Å². The van der Waals surface area contributed by atoms with Crippen LogP contribution in [0.5, 0.6) is 0 Å². The SMILES string of the molecule is COC(=O)N[C@H](C(=O)N1C[C@@H](C)C[C@H]1c1ncc(C)[nH]1)C(C)C. The molecule has 1 aromatic heterocycles. The van der Waals surface area contributed by atoms with Crippen molar-refractivity contribution >= 4 is 12.0 Å². The van der Waals surface area contributed by atoms with Crippen molar-refractivity contribution in [3.8, 4) is 0 Å². The Bertz CT molecular complexity index is 569. The van der Waals surface area contributed by atoms with Gasteiger partial charge in [-0.25, -0.2) is 9.78 Å². The highest BCUT2D eigenvalue weighted by atomic mass is 16.5. The number of likely N-dealkylation sites (tertiary alicyclic amines) is 1. The fourth-order valence-electron chi connectivity index (χ4n) is 3.03. The van der Waals surface area contributed by atoms with Gasteiger partial charge in [-0.2, -0.15) is 0 Å². The number of carbonyl (C=O) groups excluding carboxylic acids is 2. The van der Waals surface area contributed by atoms with E-state index in [4.69, 9.17) is 0 Å². The maximum atomic E-state index is 13.0. The monoisotopic (exact) mass is 322 g/mol. The number of amides is 2. The van der Waals surface area contributed by atoms with Crippen molar-refractivity contribution < 1.29 is 14.3 Å². The predicted molar refractivity (Wildman–Crippen MR) is 85.7 cm³/mol. The third-order valence-electron chi connectivity index (χ3n) is 4.22. The van der Waals surface area contributed by atoms with Gasteiger partial charge in [0.15, 0.2) is 0 Å².